The standard InChI is InChI=1S/C25H33NO3/c1-28-22-12-8-11-21(23(22)29-2)24(25(27)13-6-7-14-25)15-17-26(18-16-24)19-20-9-4-3-5-10-20/h3-5,8-12,27H,6-7,13-19H2,1-2H3. The summed E-state index contributed by atoms with van der Waals surface area (Å²) in [6.45, 7) is 2.90. The van der Waals surface area contributed by atoms with E-state index in [1.165, 1.54) is 5.56 Å². The highest BCUT2D eigenvalue weighted by atomic mass is 16.5. The molecule has 1 saturated carbocycles. The first kappa shape index (κ1) is 20.2. The SMILES string of the molecule is COc1cccc(C2(C3(O)CCCC3)CCN(Cc3ccccc3)CC2)c1OC. The summed E-state index contributed by atoms with van der Waals surface area (Å²) < 4.78 is 11.4. The molecule has 2 fully saturated rings. The van der Waals surface area contributed by atoms with Crippen LogP contribution in [-0.4, -0.2) is 42.9 Å². The third-order valence-electron chi connectivity index (χ3n) is 7.20. The molecule has 2 aliphatic rings. The van der Waals surface area contributed by atoms with E-state index in [9.17, 15) is 5.11 Å². The molecule has 0 aromatic heterocycles. The molecule has 0 amide bonds. The minimum atomic E-state index is -0.675. The molecule has 0 atom stereocenters. The zero-order valence-corrected chi connectivity index (χ0v) is 17.7. The van der Waals surface area contributed by atoms with Gasteiger partial charge in [-0.25, -0.2) is 0 Å². The van der Waals surface area contributed by atoms with Crippen molar-refractivity contribution in [1.29, 1.82) is 0 Å². The van der Waals surface area contributed by atoms with Gasteiger partial charge in [0.15, 0.2) is 11.5 Å². The zero-order chi connectivity index (χ0) is 20.3. The van der Waals surface area contributed by atoms with E-state index in [0.717, 1.165) is 75.2 Å². The third-order valence-corrected chi connectivity index (χ3v) is 7.20. The number of benzene rings is 2. The van der Waals surface area contributed by atoms with Gasteiger partial charge in [-0.1, -0.05) is 55.3 Å². The summed E-state index contributed by atoms with van der Waals surface area (Å²) in [7, 11) is 3.39. The molecule has 2 aromatic rings. The Hall–Kier alpha value is -2.04. The Morgan fingerprint density at radius 3 is 2.17 bits per heavy atom. The van der Waals surface area contributed by atoms with E-state index in [2.05, 4.69) is 41.3 Å². The van der Waals surface area contributed by atoms with E-state index in [1.807, 2.05) is 12.1 Å². The first-order valence-electron chi connectivity index (χ1n) is 10.8. The number of ether oxygens (including phenoxy) is 2. The van der Waals surface area contributed by atoms with Gasteiger partial charge in [-0.05, 0) is 50.4 Å². The Morgan fingerprint density at radius 1 is 0.862 bits per heavy atom. The molecular formula is C25H33NO3. The number of nitrogens with zero attached hydrogens (tertiary/aromatic N) is 1. The number of likely N-dealkylation sites (tertiary alicyclic amines) is 1. The maximum atomic E-state index is 11.9. The quantitative estimate of drug-likeness (QED) is 0.780. The van der Waals surface area contributed by atoms with Gasteiger partial charge in [0.2, 0.25) is 0 Å². The first-order valence-corrected chi connectivity index (χ1v) is 10.8. The Bertz CT molecular complexity index is 806. The van der Waals surface area contributed by atoms with E-state index >= 15 is 0 Å². The fraction of sp³-hybridized carbons (Fsp3) is 0.520. The van der Waals surface area contributed by atoms with Gasteiger partial charge in [0.1, 0.15) is 0 Å². The molecule has 1 heterocycles. The summed E-state index contributed by atoms with van der Waals surface area (Å²) in [5.74, 6) is 1.53. The average molecular weight is 396 g/mol. The van der Waals surface area contributed by atoms with Gasteiger partial charge in [-0.3, -0.25) is 4.90 Å². The summed E-state index contributed by atoms with van der Waals surface area (Å²) in [6, 6.07) is 16.8. The normalized spacial score (nSPS) is 21.1. The molecule has 4 rings (SSSR count). The second-order valence-corrected chi connectivity index (χ2v) is 8.62. The van der Waals surface area contributed by atoms with Crippen LogP contribution in [0.3, 0.4) is 0 Å². The topological polar surface area (TPSA) is 41.9 Å². The Labute approximate surface area is 174 Å². The van der Waals surface area contributed by atoms with Crippen molar-refractivity contribution in [3.05, 3.63) is 59.7 Å². The van der Waals surface area contributed by atoms with Gasteiger partial charge in [-0.15, -0.1) is 0 Å². The van der Waals surface area contributed by atoms with Crippen LogP contribution in [0.1, 0.15) is 49.7 Å². The second-order valence-electron chi connectivity index (χ2n) is 8.62. The fourth-order valence-corrected chi connectivity index (χ4v) is 5.62. The number of rotatable bonds is 6. The molecule has 2 aromatic carbocycles. The molecule has 1 aliphatic carbocycles. The van der Waals surface area contributed by atoms with Crippen LogP contribution in [0.2, 0.25) is 0 Å². The zero-order valence-electron chi connectivity index (χ0n) is 17.7. The highest BCUT2D eigenvalue weighted by Gasteiger charge is 2.54. The number of aliphatic hydroxyl groups is 1. The lowest BCUT2D eigenvalue weighted by Crippen LogP contribution is -2.56. The molecule has 0 spiro atoms. The van der Waals surface area contributed by atoms with Crippen molar-refractivity contribution in [3.63, 3.8) is 0 Å². The van der Waals surface area contributed by atoms with Crippen LogP contribution < -0.4 is 9.47 Å². The molecule has 4 nitrogen and oxygen atoms in total. The van der Waals surface area contributed by atoms with Crippen molar-refractivity contribution in [2.24, 2.45) is 0 Å². The third kappa shape index (κ3) is 3.64. The highest BCUT2D eigenvalue weighted by Crippen LogP contribution is 2.55. The van der Waals surface area contributed by atoms with Crippen LogP contribution in [0, 0.1) is 0 Å². The van der Waals surface area contributed by atoms with E-state index in [1.54, 1.807) is 14.2 Å². The van der Waals surface area contributed by atoms with Crippen molar-refractivity contribution in [2.45, 2.75) is 56.1 Å². The van der Waals surface area contributed by atoms with Gasteiger partial charge >= 0.3 is 0 Å². The smallest absolute Gasteiger partial charge is 0.164 e. The van der Waals surface area contributed by atoms with Crippen LogP contribution in [-0.2, 0) is 12.0 Å². The largest absolute Gasteiger partial charge is 0.493 e. The maximum Gasteiger partial charge on any atom is 0.164 e. The van der Waals surface area contributed by atoms with Gasteiger partial charge < -0.3 is 14.6 Å². The Kier molecular flexibility index (Phi) is 5.84. The molecule has 0 bridgehead atoms. The number of para-hydroxylation sites is 1. The molecule has 29 heavy (non-hydrogen) atoms. The van der Waals surface area contributed by atoms with Crippen LogP contribution in [0.5, 0.6) is 11.5 Å². The monoisotopic (exact) mass is 395 g/mol. The van der Waals surface area contributed by atoms with Crippen molar-refractivity contribution in [2.75, 3.05) is 27.3 Å². The van der Waals surface area contributed by atoms with E-state index in [4.69, 9.17) is 9.47 Å². The number of methoxy groups -OCH3 is 2. The Morgan fingerprint density at radius 2 is 1.55 bits per heavy atom. The lowest BCUT2D eigenvalue weighted by Gasteiger charge is -2.51. The molecule has 1 saturated heterocycles. The molecule has 1 N–H and O–H groups in total. The highest BCUT2D eigenvalue weighted by molar-refractivity contribution is 5.52. The maximum absolute atomic E-state index is 11.9. The molecule has 0 unspecified atom stereocenters. The van der Waals surface area contributed by atoms with Crippen molar-refractivity contribution in [3.8, 4) is 11.5 Å². The van der Waals surface area contributed by atoms with Crippen LogP contribution in [0.25, 0.3) is 0 Å². The lowest BCUT2D eigenvalue weighted by molar-refractivity contribution is -0.0641. The van der Waals surface area contributed by atoms with Crippen molar-refractivity contribution < 1.29 is 14.6 Å². The summed E-state index contributed by atoms with van der Waals surface area (Å²) >= 11 is 0. The molecular weight excluding hydrogens is 362 g/mol. The summed E-state index contributed by atoms with van der Waals surface area (Å²) in [5, 5.41) is 11.9. The molecule has 0 radical (unpaired) electrons. The summed E-state index contributed by atoms with van der Waals surface area (Å²) in [6.07, 6.45) is 5.79. The van der Waals surface area contributed by atoms with Crippen molar-refractivity contribution >= 4 is 0 Å². The van der Waals surface area contributed by atoms with Gasteiger partial charge in [0.05, 0.1) is 19.8 Å². The minimum Gasteiger partial charge on any atom is -0.493 e. The van der Waals surface area contributed by atoms with Crippen LogP contribution in [0.4, 0.5) is 0 Å². The number of piperidine rings is 1. The van der Waals surface area contributed by atoms with E-state index < -0.39 is 5.60 Å². The minimum absolute atomic E-state index is 0.295. The molecule has 156 valence electrons. The predicted molar refractivity (Wildman–Crippen MR) is 116 cm³/mol. The van der Waals surface area contributed by atoms with E-state index in [0.29, 0.717) is 0 Å². The van der Waals surface area contributed by atoms with Crippen molar-refractivity contribution in [1.82, 2.24) is 4.90 Å². The summed E-state index contributed by atoms with van der Waals surface area (Å²) in [4.78, 5) is 2.51. The molecule has 4 heteroatoms. The number of hydrogen-bond donors (Lipinski definition) is 1. The molecule has 1 aliphatic heterocycles. The second kappa shape index (κ2) is 8.37. The summed E-state index contributed by atoms with van der Waals surface area (Å²) in [5.41, 5.74) is 1.49. The van der Waals surface area contributed by atoms with Crippen LogP contribution in [0.15, 0.2) is 48.5 Å². The predicted octanol–water partition coefficient (Wildman–Crippen LogP) is 4.54. The van der Waals surface area contributed by atoms with Gasteiger partial charge in [0, 0.05) is 17.5 Å². The van der Waals surface area contributed by atoms with Gasteiger partial charge in [0.25, 0.3) is 0 Å². The van der Waals surface area contributed by atoms with Crippen LogP contribution >= 0.6 is 0 Å². The first-order chi connectivity index (χ1) is 14.1. The lowest BCUT2D eigenvalue weighted by atomic mass is 9.60. The number of hydrogen-bond acceptors (Lipinski definition) is 4. The fourth-order valence-electron chi connectivity index (χ4n) is 5.62. The van der Waals surface area contributed by atoms with E-state index in [-0.39, 0.29) is 5.41 Å². The Balaban J connectivity index is 1.66. The van der Waals surface area contributed by atoms with Gasteiger partial charge in [-0.2, -0.15) is 0 Å². The average Bonchev–Trinajstić information content (AvgIpc) is 3.22.